The van der Waals surface area contributed by atoms with E-state index in [9.17, 15) is 50.8 Å². The van der Waals surface area contributed by atoms with Gasteiger partial charge < -0.3 is 56.6 Å². The fraction of sp³-hybridized carbons (Fsp3) is 0.604. The number of unbranched alkanes of at least 4 members (excludes halogenated alkanes) is 1. The van der Waals surface area contributed by atoms with Gasteiger partial charge in [-0.05, 0) is 118 Å². The SMILES string of the molecule is CCCC[C@H](O)[C@H](O)C=CC1=C(C[C@H](O)CO)[C@H](CC[C@H](O)[C@H]2N[C@@H](C)CC[C@H](CO)[C@@H]2CC(=O)O)N[C@@H]([C@@](C)(O)Cc2ccc(O)cc2)CC#Cc2ccccc2CC1. The van der Waals surface area contributed by atoms with E-state index in [-0.39, 0.29) is 62.8 Å². The molecule has 0 bridgehead atoms. The van der Waals surface area contributed by atoms with E-state index in [1.54, 1.807) is 43.3 Å². The van der Waals surface area contributed by atoms with Crippen molar-refractivity contribution in [2.75, 3.05) is 13.2 Å². The number of hydrogen-bond acceptors (Lipinski definition) is 11. The molecule has 0 aromatic heterocycles. The van der Waals surface area contributed by atoms with Crippen LogP contribution in [0.4, 0.5) is 0 Å². The van der Waals surface area contributed by atoms with Gasteiger partial charge >= 0.3 is 5.97 Å². The van der Waals surface area contributed by atoms with E-state index in [4.69, 9.17) is 0 Å². The van der Waals surface area contributed by atoms with E-state index >= 15 is 0 Å². The summed E-state index contributed by atoms with van der Waals surface area (Å²) in [5.74, 6) is 4.84. The monoisotopic (exact) mass is 835 g/mol. The predicted molar refractivity (Wildman–Crippen MR) is 232 cm³/mol. The molecule has 2 aliphatic heterocycles. The lowest BCUT2D eigenvalue weighted by molar-refractivity contribution is -0.139. The first kappa shape index (κ1) is 49.0. The third-order valence-electron chi connectivity index (χ3n) is 12.4. The second kappa shape index (κ2) is 24.1. The molecule has 2 heterocycles. The molecular formula is C48H70N2O10. The third kappa shape index (κ3) is 14.8. The van der Waals surface area contributed by atoms with Crippen LogP contribution in [0.25, 0.3) is 0 Å². The topological polar surface area (TPSA) is 223 Å². The van der Waals surface area contributed by atoms with Crippen molar-refractivity contribution in [2.24, 2.45) is 11.8 Å². The zero-order valence-corrected chi connectivity index (χ0v) is 35.6. The maximum absolute atomic E-state index is 12.4. The van der Waals surface area contributed by atoms with Gasteiger partial charge in [0, 0.05) is 49.2 Å². The quantitative estimate of drug-likeness (QED) is 0.0908. The van der Waals surface area contributed by atoms with Gasteiger partial charge in [0.1, 0.15) is 5.75 Å². The lowest BCUT2D eigenvalue weighted by Gasteiger charge is -2.39. The molecule has 0 aliphatic carbocycles. The summed E-state index contributed by atoms with van der Waals surface area (Å²) in [4.78, 5) is 12.1. The van der Waals surface area contributed by atoms with Crippen LogP contribution in [0.3, 0.4) is 0 Å². The third-order valence-corrected chi connectivity index (χ3v) is 12.4. The van der Waals surface area contributed by atoms with Gasteiger partial charge in [0.05, 0.1) is 43.0 Å². The number of phenols is 1. The Labute approximate surface area is 356 Å². The smallest absolute Gasteiger partial charge is 0.303 e. The van der Waals surface area contributed by atoms with E-state index in [1.165, 1.54) is 0 Å². The molecule has 0 unspecified atom stereocenters. The van der Waals surface area contributed by atoms with Crippen LogP contribution in [-0.4, -0.2) is 119 Å². The average molecular weight is 835 g/mol. The van der Waals surface area contributed by atoms with Gasteiger partial charge in [-0.25, -0.2) is 0 Å². The molecule has 0 spiro atoms. The summed E-state index contributed by atoms with van der Waals surface area (Å²) in [6.45, 7) is 4.97. The molecule has 0 saturated carbocycles. The molecule has 332 valence electrons. The summed E-state index contributed by atoms with van der Waals surface area (Å²) < 4.78 is 0. The summed E-state index contributed by atoms with van der Waals surface area (Å²) in [6, 6.07) is 12.4. The highest BCUT2D eigenvalue weighted by Crippen LogP contribution is 2.34. The molecule has 1 fully saturated rings. The van der Waals surface area contributed by atoms with Crippen molar-refractivity contribution in [2.45, 2.75) is 158 Å². The summed E-state index contributed by atoms with van der Waals surface area (Å²) in [5, 5.41) is 105. The first-order valence-electron chi connectivity index (χ1n) is 21.8. The summed E-state index contributed by atoms with van der Waals surface area (Å²) >= 11 is 0. The molecule has 12 nitrogen and oxygen atoms in total. The highest BCUT2D eigenvalue weighted by Gasteiger charge is 2.40. The lowest BCUT2D eigenvalue weighted by Crippen LogP contribution is -2.55. The fourth-order valence-electron chi connectivity index (χ4n) is 8.82. The number of allylic oxidation sites excluding steroid dienone is 2. The maximum Gasteiger partial charge on any atom is 0.303 e. The number of carboxylic acids is 1. The highest BCUT2D eigenvalue weighted by atomic mass is 16.4. The molecule has 2 aromatic rings. The average Bonchev–Trinajstić information content (AvgIpc) is 3.37. The Morgan fingerprint density at radius 3 is 2.42 bits per heavy atom. The normalized spacial score (nSPS) is 26.0. The Morgan fingerprint density at radius 1 is 1.00 bits per heavy atom. The number of aliphatic hydroxyl groups excluding tert-OH is 6. The Balaban J connectivity index is 1.88. The lowest BCUT2D eigenvalue weighted by atomic mass is 9.78. The number of rotatable bonds is 19. The van der Waals surface area contributed by atoms with Crippen LogP contribution in [0.1, 0.15) is 108 Å². The van der Waals surface area contributed by atoms with E-state index in [0.717, 1.165) is 35.1 Å². The van der Waals surface area contributed by atoms with Crippen molar-refractivity contribution in [3.8, 4) is 17.6 Å². The van der Waals surface area contributed by atoms with Crippen LogP contribution < -0.4 is 10.6 Å². The number of aliphatic hydroxyl groups is 7. The molecule has 11 atom stereocenters. The van der Waals surface area contributed by atoms with E-state index in [0.29, 0.717) is 37.7 Å². The van der Waals surface area contributed by atoms with Crippen LogP contribution in [-0.2, 0) is 17.6 Å². The molecule has 0 radical (unpaired) electrons. The number of carboxylic acid groups (broad SMARTS) is 1. The highest BCUT2D eigenvalue weighted by molar-refractivity contribution is 5.67. The molecule has 60 heavy (non-hydrogen) atoms. The van der Waals surface area contributed by atoms with E-state index in [2.05, 4.69) is 22.5 Å². The molecule has 2 aliphatic rings. The van der Waals surface area contributed by atoms with Crippen LogP contribution >= 0.6 is 0 Å². The van der Waals surface area contributed by atoms with Gasteiger partial charge in [0.2, 0.25) is 0 Å². The molecular weight excluding hydrogens is 765 g/mol. The fourth-order valence-corrected chi connectivity index (χ4v) is 8.82. The summed E-state index contributed by atoms with van der Waals surface area (Å²) in [6.07, 6.45) is 3.80. The number of fused-ring (bicyclic) bond motifs is 1. The number of hydrogen-bond donors (Lipinski definition) is 11. The van der Waals surface area contributed by atoms with Gasteiger partial charge in [-0.2, -0.15) is 0 Å². The zero-order chi connectivity index (χ0) is 43.8. The maximum atomic E-state index is 12.4. The Morgan fingerprint density at radius 2 is 1.73 bits per heavy atom. The van der Waals surface area contributed by atoms with Crippen LogP contribution in [0.5, 0.6) is 5.75 Å². The Hall–Kier alpha value is -3.61. The standard InChI is InChI=1S/C48H70N2O10/c1-4-5-12-42(55)43(56)24-20-35-19-18-34-10-7-6-9-33(34)11-8-13-45(48(3,60)28-32-15-21-37(53)22-16-32)50-41(39(35)26-38(54)30-52)23-25-44(57)47-40(27-46(58)59)36(29-51)17-14-31(2)49-47/h6-7,9-10,15-16,20-22,24,31,36,38,40-45,47,49-57,60H,4-5,12-14,17-19,23,25-30H2,1-3H3,(H,58,59)/t31-,36+,38-,40-,41-,42-,43+,44-,45+,47-,48-/m0/s1. The van der Waals surface area contributed by atoms with Crippen LogP contribution in [0.15, 0.2) is 71.8 Å². The van der Waals surface area contributed by atoms with Crippen LogP contribution in [0.2, 0.25) is 0 Å². The number of phenolic OH excluding ortho intramolecular Hbond substituents is 1. The number of aryl methyl sites for hydroxylation is 1. The van der Waals surface area contributed by atoms with Crippen LogP contribution in [0, 0.1) is 23.7 Å². The minimum Gasteiger partial charge on any atom is -0.508 e. The Kier molecular flexibility index (Phi) is 19.7. The molecule has 0 amide bonds. The van der Waals surface area contributed by atoms with E-state index < -0.39 is 66.6 Å². The minimum atomic E-state index is -1.43. The predicted octanol–water partition coefficient (Wildman–Crippen LogP) is 3.89. The van der Waals surface area contributed by atoms with Crippen molar-refractivity contribution >= 4 is 5.97 Å². The van der Waals surface area contributed by atoms with Gasteiger partial charge in [0.15, 0.2) is 0 Å². The second-order valence-corrected chi connectivity index (χ2v) is 17.3. The molecule has 1 saturated heterocycles. The number of nitrogens with one attached hydrogen (secondary N) is 2. The summed E-state index contributed by atoms with van der Waals surface area (Å²) in [7, 11) is 0. The van der Waals surface area contributed by atoms with Crippen molar-refractivity contribution in [3.63, 3.8) is 0 Å². The first-order chi connectivity index (χ1) is 28.6. The van der Waals surface area contributed by atoms with Crippen molar-refractivity contribution < 1.29 is 50.8 Å². The second-order valence-electron chi connectivity index (χ2n) is 17.3. The van der Waals surface area contributed by atoms with E-state index in [1.807, 2.05) is 38.1 Å². The van der Waals surface area contributed by atoms with Gasteiger partial charge in [-0.15, -0.1) is 0 Å². The van der Waals surface area contributed by atoms with Crippen molar-refractivity contribution in [1.29, 1.82) is 0 Å². The van der Waals surface area contributed by atoms with Gasteiger partial charge in [-0.3, -0.25) is 4.79 Å². The molecule has 11 N–H and O–H groups in total. The number of aliphatic carboxylic acids is 1. The Bertz CT molecular complexity index is 1750. The van der Waals surface area contributed by atoms with Crippen molar-refractivity contribution in [1.82, 2.24) is 10.6 Å². The zero-order valence-electron chi connectivity index (χ0n) is 35.6. The number of carbonyl (C=O) groups is 1. The first-order valence-corrected chi connectivity index (χ1v) is 21.8. The number of benzene rings is 2. The number of aromatic hydroxyl groups is 1. The van der Waals surface area contributed by atoms with Gasteiger partial charge in [0.25, 0.3) is 0 Å². The summed E-state index contributed by atoms with van der Waals surface area (Å²) in [5.41, 5.74) is 2.57. The largest absolute Gasteiger partial charge is 0.508 e. The molecule has 4 rings (SSSR count). The van der Waals surface area contributed by atoms with Gasteiger partial charge in [-0.1, -0.05) is 74.1 Å². The molecule has 12 heteroatoms. The molecule has 2 aromatic carbocycles. The van der Waals surface area contributed by atoms with Crippen molar-refractivity contribution in [3.05, 3.63) is 88.5 Å². The minimum absolute atomic E-state index is 0.00546.